The molecule has 0 bridgehead atoms. The summed E-state index contributed by atoms with van der Waals surface area (Å²) in [7, 11) is 0. The topological polar surface area (TPSA) is 130 Å². The molecule has 0 unspecified atom stereocenters. The second-order valence-corrected chi connectivity index (χ2v) is 6.15. The molecule has 4 rings (SSSR count). The van der Waals surface area contributed by atoms with Crippen LogP contribution in [0.5, 0.6) is 11.5 Å². The Kier molecular flexibility index (Phi) is 3.82. The Bertz CT molecular complexity index is 1170. The lowest BCUT2D eigenvalue weighted by Gasteiger charge is -2.22. The molecule has 0 fully saturated rings. The molecule has 3 aromatic rings. The number of nitrogens with zero attached hydrogens (tertiary/aromatic N) is 1. The summed E-state index contributed by atoms with van der Waals surface area (Å²) in [5.74, 6) is -2.52. The van der Waals surface area contributed by atoms with Gasteiger partial charge in [-0.05, 0) is 18.2 Å². The van der Waals surface area contributed by atoms with Crippen molar-refractivity contribution in [1.29, 1.82) is 0 Å². The third-order valence-electron chi connectivity index (χ3n) is 4.51. The van der Waals surface area contributed by atoms with E-state index in [0.29, 0.717) is 5.69 Å². The van der Waals surface area contributed by atoms with Crippen LogP contribution in [0.3, 0.4) is 0 Å². The fraction of sp³-hybridized carbons (Fsp3) is 0. The zero-order chi connectivity index (χ0) is 20.0. The number of nitrogens with one attached hydrogen (secondary N) is 1. The molecule has 0 saturated heterocycles. The van der Waals surface area contributed by atoms with E-state index in [4.69, 9.17) is 0 Å². The molecule has 0 amide bonds. The Balaban J connectivity index is 2.02. The standard InChI is InChI=1S/C20H12N2O6/c23-14-8-4-7-11-15(14)19(25)12-9-13(22(27)28)20(26)17(16(12)18(11)24)21-10-5-2-1-3-6-10/h1-9,21,23,26H. The number of carbonyl (C=O) groups is 2. The maximum atomic E-state index is 13.1. The molecule has 0 heterocycles. The fourth-order valence-electron chi connectivity index (χ4n) is 3.24. The number of para-hydroxylation sites is 1. The Morgan fingerprint density at radius 3 is 2.21 bits per heavy atom. The van der Waals surface area contributed by atoms with Crippen LogP contribution < -0.4 is 5.32 Å². The molecule has 3 aromatic carbocycles. The van der Waals surface area contributed by atoms with Gasteiger partial charge in [0.1, 0.15) is 11.4 Å². The van der Waals surface area contributed by atoms with Crippen LogP contribution in [-0.2, 0) is 0 Å². The first-order valence-electron chi connectivity index (χ1n) is 8.18. The zero-order valence-corrected chi connectivity index (χ0v) is 14.2. The van der Waals surface area contributed by atoms with Crippen molar-refractivity contribution in [3.8, 4) is 11.5 Å². The van der Waals surface area contributed by atoms with Crippen LogP contribution in [0.15, 0.2) is 54.6 Å². The Morgan fingerprint density at radius 1 is 0.857 bits per heavy atom. The number of rotatable bonds is 3. The van der Waals surface area contributed by atoms with E-state index in [1.165, 1.54) is 18.2 Å². The zero-order valence-electron chi connectivity index (χ0n) is 14.2. The van der Waals surface area contributed by atoms with Crippen LogP contribution in [0.1, 0.15) is 31.8 Å². The maximum absolute atomic E-state index is 13.1. The van der Waals surface area contributed by atoms with Crippen LogP contribution in [0.2, 0.25) is 0 Å². The number of aromatic hydroxyl groups is 2. The lowest BCUT2D eigenvalue weighted by Crippen LogP contribution is -2.22. The average Bonchev–Trinajstić information content (AvgIpc) is 2.68. The smallest absolute Gasteiger partial charge is 0.313 e. The molecule has 0 radical (unpaired) electrons. The van der Waals surface area contributed by atoms with Crippen molar-refractivity contribution >= 4 is 28.6 Å². The first kappa shape index (κ1) is 17.2. The van der Waals surface area contributed by atoms with Crippen LogP contribution in [-0.4, -0.2) is 26.7 Å². The molecule has 8 nitrogen and oxygen atoms in total. The van der Waals surface area contributed by atoms with E-state index in [0.717, 1.165) is 6.07 Å². The van der Waals surface area contributed by atoms with Gasteiger partial charge >= 0.3 is 5.69 Å². The van der Waals surface area contributed by atoms with Crippen LogP contribution in [0, 0.1) is 10.1 Å². The number of carbonyl (C=O) groups excluding carboxylic acids is 2. The summed E-state index contributed by atoms with van der Waals surface area (Å²) in [6.07, 6.45) is 0. The summed E-state index contributed by atoms with van der Waals surface area (Å²) in [5, 5.41) is 34.7. The van der Waals surface area contributed by atoms with Crippen molar-refractivity contribution in [2.45, 2.75) is 0 Å². The number of ketones is 2. The van der Waals surface area contributed by atoms with Gasteiger partial charge in [0.25, 0.3) is 0 Å². The first-order valence-corrected chi connectivity index (χ1v) is 8.18. The maximum Gasteiger partial charge on any atom is 0.313 e. The van der Waals surface area contributed by atoms with Crippen molar-refractivity contribution in [3.05, 3.63) is 87.0 Å². The molecular formula is C20H12N2O6. The molecule has 1 aliphatic carbocycles. The number of hydrogen-bond acceptors (Lipinski definition) is 7. The highest BCUT2D eigenvalue weighted by molar-refractivity contribution is 6.31. The normalized spacial score (nSPS) is 12.3. The molecule has 138 valence electrons. The van der Waals surface area contributed by atoms with E-state index in [1.807, 2.05) is 0 Å². The van der Waals surface area contributed by atoms with E-state index in [-0.39, 0.29) is 27.9 Å². The van der Waals surface area contributed by atoms with Gasteiger partial charge in [0.15, 0.2) is 11.6 Å². The third kappa shape index (κ3) is 2.47. The minimum atomic E-state index is -0.843. The quantitative estimate of drug-likeness (QED) is 0.283. The predicted octanol–water partition coefficient (Wildman–Crippen LogP) is 3.53. The fourth-order valence-corrected chi connectivity index (χ4v) is 3.24. The molecule has 8 heteroatoms. The van der Waals surface area contributed by atoms with Crippen molar-refractivity contribution in [1.82, 2.24) is 0 Å². The monoisotopic (exact) mass is 376 g/mol. The predicted molar refractivity (Wildman–Crippen MR) is 99.5 cm³/mol. The van der Waals surface area contributed by atoms with Crippen molar-refractivity contribution in [2.24, 2.45) is 0 Å². The molecular weight excluding hydrogens is 364 g/mol. The Morgan fingerprint density at radius 2 is 1.54 bits per heavy atom. The van der Waals surface area contributed by atoms with E-state index < -0.39 is 33.7 Å². The van der Waals surface area contributed by atoms with Gasteiger partial charge in [-0.15, -0.1) is 0 Å². The number of phenolic OH excluding ortho intramolecular Hbond substituents is 2. The van der Waals surface area contributed by atoms with Crippen LogP contribution in [0.4, 0.5) is 17.1 Å². The Labute approximate surface area is 157 Å². The van der Waals surface area contributed by atoms with Gasteiger partial charge in [-0.1, -0.05) is 30.3 Å². The van der Waals surface area contributed by atoms with Gasteiger partial charge in [0, 0.05) is 22.9 Å². The van der Waals surface area contributed by atoms with Crippen molar-refractivity contribution in [2.75, 3.05) is 5.32 Å². The summed E-state index contributed by atoms with van der Waals surface area (Å²) >= 11 is 0. The van der Waals surface area contributed by atoms with Gasteiger partial charge < -0.3 is 15.5 Å². The lowest BCUT2D eigenvalue weighted by atomic mass is 9.82. The molecule has 3 N–H and O–H groups in total. The van der Waals surface area contributed by atoms with Gasteiger partial charge in [-0.25, -0.2) is 0 Å². The Hall–Kier alpha value is -4.20. The third-order valence-corrected chi connectivity index (χ3v) is 4.51. The molecule has 0 aromatic heterocycles. The molecule has 0 saturated carbocycles. The van der Waals surface area contributed by atoms with Gasteiger partial charge in [0.2, 0.25) is 5.75 Å². The van der Waals surface area contributed by atoms with Crippen LogP contribution >= 0.6 is 0 Å². The van der Waals surface area contributed by atoms with E-state index in [1.54, 1.807) is 30.3 Å². The number of anilines is 2. The number of fused-ring (bicyclic) bond motifs is 2. The largest absolute Gasteiger partial charge is 0.507 e. The minimum Gasteiger partial charge on any atom is -0.507 e. The molecule has 0 aliphatic heterocycles. The summed E-state index contributed by atoms with van der Waals surface area (Å²) in [6, 6.07) is 13.3. The van der Waals surface area contributed by atoms with E-state index >= 15 is 0 Å². The highest BCUT2D eigenvalue weighted by Crippen LogP contribution is 2.45. The van der Waals surface area contributed by atoms with E-state index in [2.05, 4.69) is 5.32 Å². The second-order valence-electron chi connectivity index (χ2n) is 6.15. The highest BCUT2D eigenvalue weighted by atomic mass is 16.6. The van der Waals surface area contributed by atoms with Crippen LogP contribution in [0.25, 0.3) is 0 Å². The lowest BCUT2D eigenvalue weighted by molar-refractivity contribution is -0.385. The summed E-state index contributed by atoms with van der Waals surface area (Å²) in [4.78, 5) is 36.5. The minimum absolute atomic E-state index is 0.0399. The van der Waals surface area contributed by atoms with Crippen molar-refractivity contribution < 1.29 is 24.7 Å². The highest BCUT2D eigenvalue weighted by Gasteiger charge is 2.38. The summed E-state index contributed by atoms with van der Waals surface area (Å²) in [5.41, 5.74) is -1.20. The SMILES string of the molecule is O=C1c2cc([N+](=O)[O-])c(O)c(Nc3ccccc3)c2C(=O)c2cccc(O)c21. The molecule has 1 aliphatic rings. The van der Waals surface area contributed by atoms with Gasteiger partial charge in [-0.2, -0.15) is 0 Å². The second kappa shape index (κ2) is 6.20. The van der Waals surface area contributed by atoms with Crippen molar-refractivity contribution in [3.63, 3.8) is 0 Å². The number of hydrogen-bond donors (Lipinski definition) is 3. The first-order chi connectivity index (χ1) is 13.4. The molecule has 28 heavy (non-hydrogen) atoms. The number of nitro groups is 1. The molecule has 0 atom stereocenters. The number of phenols is 2. The van der Waals surface area contributed by atoms with E-state index in [9.17, 15) is 29.9 Å². The van der Waals surface area contributed by atoms with Gasteiger partial charge in [0.05, 0.1) is 16.1 Å². The summed E-state index contributed by atoms with van der Waals surface area (Å²) < 4.78 is 0. The van der Waals surface area contributed by atoms with Gasteiger partial charge in [-0.3, -0.25) is 19.7 Å². The number of nitro benzene ring substituents is 1. The molecule has 0 spiro atoms. The summed E-state index contributed by atoms with van der Waals surface area (Å²) in [6.45, 7) is 0. The number of benzene rings is 3. The average molecular weight is 376 g/mol.